The molecule has 0 amide bonds. The first-order valence-electron chi connectivity index (χ1n) is 6.99. The fraction of sp³-hybridized carbons (Fsp3) is 0.600. The molecule has 2 unspecified atom stereocenters. The van der Waals surface area contributed by atoms with E-state index in [1.165, 1.54) is 30.6 Å². The van der Waals surface area contributed by atoms with Crippen LogP contribution >= 0.6 is 39.3 Å². The van der Waals surface area contributed by atoms with E-state index in [0.717, 1.165) is 27.7 Å². The lowest BCUT2D eigenvalue weighted by Gasteiger charge is -2.24. The Morgan fingerprint density at radius 3 is 3.00 bits per heavy atom. The van der Waals surface area contributed by atoms with Gasteiger partial charge in [0.1, 0.15) is 0 Å². The second-order valence-electron chi connectivity index (χ2n) is 5.05. The van der Waals surface area contributed by atoms with Crippen LogP contribution in [-0.4, -0.2) is 23.6 Å². The van der Waals surface area contributed by atoms with Gasteiger partial charge in [-0.15, -0.1) is 0 Å². The number of halogens is 2. The highest BCUT2D eigenvalue weighted by molar-refractivity contribution is 9.10. The molecule has 1 heterocycles. The first kappa shape index (κ1) is 15.7. The number of nitrogens with one attached hydrogen (secondary N) is 1. The van der Waals surface area contributed by atoms with E-state index >= 15 is 0 Å². The first-order valence-corrected chi connectivity index (χ1v) is 9.21. The topological polar surface area (TPSA) is 12.0 Å². The minimum atomic E-state index is 0.547. The van der Waals surface area contributed by atoms with Gasteiger partial charge in [-0.1, -0.05) is 40.5 Å². The Morgan fingerprint density at radius 2 is 2.37 bits per heavy atom. The van der Waals surface area contributed by atoms with E-state index in [1.54, 1.807) is 0 Å². The van der Waals surface area contributed by atoms with Gasteiger partial charge in [0, 0.05) is 20.8 Å². The second kappa shape index (κ2) is 7.92. The van der Waals surface area contributed by atoms with Gasteiger partial charge in [-0.3, -0.25) is 0 Å². The molecule has 0 aromatic heterocycles. The number of hydrogen-bond donors (Lipinski definition) is 1. The van der Waals surface area contributed by atoms with E-state index in [-0.39, 0.29) is 0 Å². The first-order chi connectivity index (χ1) is 9.20. The number of rotatable bonds is 6. The Balaban J connectivity index is 2.05. The Kier molecular flexibility index (Phi) is 6.54. The molecule has 1 aromatic carbocycles. The molecule has 4 heteroatoms. The van der Waals surface area contributed by atoms with Gasteiger partial charge in [-0.05, 0) is 55.7 Å². The van der Waals surface area contributed by atoms with Crippen LogP contribution < -0.4 is 5.32 Å². The van der Waals surface area contributed by atoms with Crippen molar-refractivity contribution in [2.24, 2.45) is 0 Å². The molecular weight excluding hydrogens is 342 g/mol. The molecule has 2 atom stereocenters. The van der Waals surface area contributed by atoms with Crippen LogP contribution in [0.5, 0.6) is 0 Å². The molecular formula is C15H21BrClNS. The highest BCUT2D eigenvalue weighted by atomic mass is 79.9. The molecule has 0 aliphatic carbocycles. The highest BCUT2D eigenvalue weighted by Crippen LogP contribution is 2.31. The van der Waals surface area contributed by atoms with E-state index < -0.39 is 0 Å². The van der Waals surface area contributed by atoms with Crippen LogP contribution in [0.4, 0.5) is 0 Å². The summed E-state index contributed by atoms with van der Waals surface area (Å²) < 4.78 is 1.05. The largest absolute Gasteiger partial charge is 0.313 e. The summed E-state index contributed by atoms with van der Waals surface area (Å²) in [7, 11) is 0. The van der Waals surface area contributed by atoms with Gasteiger partial charge in [0.15, 0.2) is 0 Å². The summed E-state index contributed by atoms with van der Waals surface area (Å²) in [5, 5.41) is 5.33. The molecule has 2 rings (SSSR count). The monoisotopic (exact) mass is 361 g/mol. The third-order valence-electron chi connectivity index (χ3n) is 3.53. The maximum Gasteiger partial charge on any atom is 0.0449 e. The second-order valence-corrected chi connectivity index (χ2v) is 7.72. The van der Waals surface area contributed by atoms with Crippen LogP contribution in [-0.2, 0) is 6.42 Å². The van der Waals surface area contributed by atoms with Crippen molar-refractivity contribution < 1.29 is 0 Å². The molecule has 1 aromatic rings. The molecule has 19 heavy (non-hydrogen) atoms. The predicted molar refractivity (Wildman–Crippen MR) is 90.4 cm³/mol. The van der Waals surface area contributed by atoms with Crippen molar-refractivity contribution in [3.63, 3.8) is 0 Å². The smallest absolute Gasteiger partial charge is 0.0449 e. The molecule has 0 saturated carbocycles. The van der Waals surface area contributed by atoms with Crippen LogP contribution in [0.3, 0.4) is 0 Å². The fourth-order valence-electron chi connectivity index (χ4n) is 2.51. The zero-order chi connectivity index (χ0) is 13.7. The van der Waals surface area contributed by atoms with E-state index in [2.05, 4.69) is 52.1 Å². The SMILES string of the molecule is CCCNC(Cc1ccc(Br)cc1Cl)C1CCCS1. The van der Waals surface area contributed by atoms with Gasteiger partial charge in [0.2, 0.25) is 0 Å². The molecule has 1 saturated heterocycles. The van der Waals surface area contributed by atoms with Gasteiger partial charge in [-0.25, -0.2) is 0 Å². The Bertz CT molecular complexity index is 407. The molecule has 1 N–H and O–H groups in total. The van der Waals surface area contributed by atoms with Crippen molar-refractivity contribution >= 4 is 39.3 Å². The minimum absolute atomic E-state index is 0.547. The Morgan fingerprint density at radius 1 is 1.53 bits per heavy atom. The van der Waals surface area contributed by atoms with Gasteiger partial charge < -0.3 is 5.32 Å². The molecule has 1 fully saturated rings. The van der Waals surface area contributed by atoms with Crippen molar-refractivity contribution in [2.75, 3.05) is 12.3 Å². The standard InChI is InChI=1S/C15H21BrClNS/c1-2-7-18-14(15-4-3-8-19-15)9-11-5-6-12(16)10-13(11)17/h5-6,10,14-15,18H,2-4,7-9H2,1H3. The van der Waals surface area contributed by atoms with E-state index in [0.29, 0.717) is 6.04 Å². The molecule has 0 radical (unpaired) electrons. The predicted octanol–water partition coefficient (Wildman–Crippen LogP) is 4.91. The van der Waals surface area contributed by atoms with Crippen molar-refractivity contribution in [2.45, 2.75) is 43.9 Å². The summed E-state index contributed by atoms with van der Waals surface area (Å²) in [6, 6.07) is 6.77. The molecule has 1 aliphatic rings. The normalized spacial score (nSPS) is 20.7. The maximum absolute atomic E-state index is 6.35. The fourth-order valence-corrected chi connectivity index (χ4v) is 4.65. The summed E-state index contributed by atoms with van der Waals surface area (Å²) in [6.07, 6.45) is 4.90. The van der Waals surface area contributed by atoms with Gasteiger partial charge >= 0.3 is 0 Å². The Labute approximate surface area is 134 Å². The summed E-state index contributed by atoms with van der Waals surface area (Å²) in [5.41, 5.74) is 1.26. The molecule has 1 nitrogen and oxygen atoms in total. The lowest BCUT2D eigenvalue weighted by Crippen LogP contribution is -2.39. The number of thioether (sulfide) groups is 1. The van der Waals surface area contributed by atoms with Gasteiger partial charge in [0.25, 0.3) is 0 Å². The van der Waals surface area contributed by atoms with Crippen LogP contribution in [0, 0.1) is 0 Å². The van der Waals surface area contributed by atoms with Gasteiger partial charge in [0.05, 0.1) is 0 Å². The summed E-state index contributed by atoms with van der Waals surface area (Å²) in [6.45, 7) is 3.31. The van der Waals surface area contributed by atoms with Crippen LogP contribution in [0.1, 0.15) is 31.7 Å². The van der Waals surface area contributed by atoms with Crippen molar-refractivity contribution in [3.8, 4) is 0 Å². The Hall–Kier alpha value is 0.300. The zero-order valence-electron chi connectivity index (χ0n) is 11.3. The van der Waals surface area contributed by atoms with Crippen molar-refractivity contribution in [3.05, 3.63) is 33.3 Å². The van der Waals surface area contributed by atoms with E-state index in [4.69, 9.17) is 11.6 Å². The maximum atomic E-state index is 6.35. The van der Waals surface area contributed by atoms with Crippen LogP contribution in [0.25, 0.3) is 0 Å². The van der Waals surface area contributed by atoms with Gasteiger partial charge in [-0.2, -0.15) is 11.8 Å². The molecule has 0 bridgehead atoms. The van der Waals surface area contributed by atoms with E-state index in [1.807, 2.05) is 6.07 Å². The molecule has 0 spiro atoms. The zero-order valence-corrected chi connectivity index (χ0v) is 14.5. The summed E-state index contributed by atoms with van der Waals surface area (Å²) >= 11 is 11.9. The highest BCUT2D eigenvalue weighted by Gasteiger charge is 2.25. The van der Waals surface area contributed by atoms with Crippen LogP contribution in [0.2, 0.25) is 5.02 Å². The third-order valence-corrected chi connectivity index (χ3v) is 5.89. The summed E-state index contributed by atoms with van der Waals surface area (Å²) in [5.74, 6) is 1.31. The minimum Gasteiger partial charge on any atom is -0.313 e. The molecule has 106 valence electrons. The lowest BCUT2D eigenvalue weighted by molar-refractivity contribution is 0.482. The van der Waals surface area contributed by atoms with Crippen molar-refractivity contribution in [1.29, 1.82) is 0 Å². The number of hydrogen-bond acceptors (Lipinski definition) is 2. The average Bonchev–Trinajstić information content (AvgIpc) is 2.90. The molecule has 1 aliphatic heterocycles. The quantitative estimate of drug-likeness (QED) is 0.771. The van der Waals surface area contributed by atoms with Crippen LogP contribution in [0.15, 0.2) is 22.7 Å². The summed E-state index contributed by atoms with van der Waals surface area (Å²) in [4.78, 5) is 0. The lowest BCUT2D eigenvalue weighted by atomic mass is 10.0. The number of benzene rings is 1. The van der Waals surface area contributed by atoms with Crippen molar-refractivity contribution in [1.82, 2.24) is 5.32 Å². The average molecular weight is 363 g/mol. The third kappa shape index (κ3) is 4.66. The van der Waals surface area contributed by atoms with E-state index in [9.17, 15) is 0 Å².